The van der Waals surface area contributed by atoms with Gasteiger partial charge in [0.15, 0.2) is 0 Å². The van der Waals surface area contributed by atoms with Gasteiger partial charge in [-0.05, 0) is 11.6 Å². The van der Waals surface area contributed by atoms with E-state index in [2.05, 4.69) is 5.32 Å². The number of amides is 2. The molecule has 2 amide bonds. The highest BCUT2D eigenvalue weighted by molar-refractivity contribution is 5.99. The maximum Gasteiger partial charge on any atom is 0.416 e. The van der Waals surface area contributed by atoms with E-state index >= 15 is 0 Å². The molecule has 3 nitrogen and oxygen atoms in total. The van der Waals surface area contributed by atoms with Gasteiger partial charge in [-0.2, -0.15) is 13.2 Å². The molecule has 1 saturated heterocycles. The zero-order chi connectivity index (χ0) is 14.3. The average Bonchev–Trinajstić information content (AvgIpc) is 2.26. The summed E-state index contributed by atoms with van der Waals surface area (Å²) in [5, 5.41) is 2.10. The lowest BCUT2D eigenvalue weighted by Gasteiger charge is -2.34. The fourth-order valence-corrected chi connectivity index (χ4v) is 2.46. The van der Waals surface area contributed by atoms with Gasteiger partial charge in [-0.15, -0.1) is 0 Å². The highest BCUT2D eigenvalue weighted by atomic mass is 19.4. The number of carbonyl (C=O) groups excluding carboxylic acids is 2. The predicted octanol–water partition coefficient (Wildman–Crippen LogP) is 2.40. The van der Waals surface area contributed by atoms with Crippen molar-refractivity contribution in [1.82, 2.24) is 5.32 Å². The van der Waals surface area contributed by atoms with Crippen molar-refractivity contribution in [3.63, 3.8) is 0 Å². The molecule has 0 bridgehead atoms. The standard InChI is InChI=1S/C13H12F3NO2/c1-12(6-10(18)17-11(19)7-12)8-4-2-3-5-9(8)13(14,15)16/h2-5H,6-7H2,1H3,(H,17,18,19). The third-order valence-corrected chi connectivity index (χ3v) is 3.26. The molecule has 1 aliphatic heterocycles. The Morgan fingerprint density at radius 1 is 1.11 bits per heavy atom. The van der Waals surface area contributed by atoms with Crippen molar-refractivity contribution in [1.29, 1.82) is 0 Å². The molecule has 1 aliphatic rings. The molecule has 0 radical (unpaired) electrons. The lowest BCUT2D eigenvalue weighted by Crippen LogP contribution is -2.46. The van der Waals surface area contributed by atoms with E-state index in [1.165, 1.54) is 25.1 Å². The van der Waals surface area contributed by atoms with Gasteiger partial charge in [0, 0.05) is 18.3 Å². The molecular weight excluding hydrogens is 259 g/mol. The highest BCUT2D eigenvalue weighted by Crippen LogP contribution is 2.41. The summed E-state index contributed by atoms with van der Waals surface area (Å²) in [6.45, 7) is 1.51. The van der Waals surface area contributed by atoms with Gasteiger partial charge in [0.25, 0.3) is 0 Å². The SMILES string of the molecule is CC1(c2ccccc2C(F)(F)F)CC(=O)NC(=O)C1. The highest BCUT2D eigenvalue weighted by Gasteiger charge is 2.43. The fraction of sp³-hybridized carbons (Fsp3) is 0.385. The van der Waals surface area contributed by atoms with Gasteiger partial charge in [-0.25, -0.2) is 0 Å². The zero-order valence-electron chi connectivity index (χ0n) is 10.2. The average molecular weight is 271 g/mol. The maximum absolute atomic E-state index is 13.0. The van der Waals surface area contributed by atoms with Crippen LogP contribution in [0, 0.1) is 0 Å². The van der Waals surface area contributed by atoms with E-state index in [9.17, 15) is 22.8 Å². The number of piperidine rings is 1. The molecule has 1 aromatic carbocycles. The number of halogens is 3. The number of nitrogens with one attached hydrogen (secondary N) is 1. The Bertz CT molecular complexity index is 521. The van der Waals surface area contributed by atoms with Crippen LogP contribution in [0.1, 0.15) is 30.9 Å². The van der Waals surface area contributed by atoms with E-state index in [0.717, 1.165) is 6.07 Å². The van der Waals surface area contributed by atoms with Crippen molar-refractivity contribution >= 4 is 11.8 Å². The first-order valence-corrected chi connectivity index (χ1v) is 5.72. The van der Waals surface area contributed by atoms with Crippen molar-refractivity contribution in [2.75, 3.05) is 0 Å². The summed E-state index contributed by atoms with van der Waals surface area (Å²) in [6.07, 6.45) is -4.77. The molecule has 0 spiro atoms. The second kappa shape index (κ2) is 4.36. The summed E-state index contributed by atoms with van der Waals surface area (Å²) in [5.41, 5.74) is -1.92. The first-order valence-electron chi connectivity index (χ1n) is 5.72. The number of alkyl halides is 3. The van der Waals surface area contributed by atoms with Gasteiger partial charge in [0.1, 0.15) is 0 Å². The third kappa shape index (κ3) is 2.62. The van der Waals surface area contributed by atoms with Crippen LogP contribution in [0.25, 0.3) is 0 Å². The molecule has 0 atom stereocenters. The second-order valence-corrected chi connectivity index (χ2v) is 4.93. The van der Waals surface area contributed by atoms with Crippen molar-refractivity contribution in [2.24, 2.45) is 0 Å². The number of rotatable bonds is 1. The van der Waals surface area contributed by atoms with Gasteiger partial charge in [-0.1, -0.05) is 25.1 Å². The fourth-order valence-electron chi connectivity index (χ4n) is 2.46. The van der Waals surface area contributed by atoms with Gasteiger partial charge in [-0.3, -0.25) is 14.9 Å². The minimum Gasteiger partial charge on any atom is -0.296 e. The van der Waals surface area contributed by atoms with Crippen molar-refractivity contribution in [2.45, 2.75) is 31.4 Å². The molecular formula is C13H12F3NO2. The topological polar surface area (TPSA) is 46.2 Å². The zero-order valence-corrected chi connectivity index (χ0v) is 10.2. The minimum atomic E-state index is -4.50. The molecule has 1 fully saturated rings. The second-order valence-electron chi connectivity index (χ2n) is 4.93. The van der Waals surface area contributed by atoms with Gasteiger partial charge in [0.2, 0.25) is 11.8 Å². The van der Waals surface area contributed by atoms with E-state index in [1.54, 1.807) is 0 Å². The molecule has 102 valence electrons. The molecule has 6 heteroatoms. The first-order chi connectivity index (χ1) is 8.72. The molecule has 0 aliphatic carbocycles. The first kappa shape index (κ1) is 13.6. The maximum atomic E-state index is 13.0. The van der Waals surface area contributed by atoms with Gasteiger partial charge >= 0.3 is 6.18 Å². The molecule has 0 aromatic heterocycles. The Kier molecular flexibility index (Phi) is 3.12. The van der Waals surface area contributed by atoms with Crippen molar-refractivity contribution in [3.8, 4) is 0 Å². The molecule has 0 saturated carbocycles. The van der Waals surface area contributed by atoms with Crippen LogP contribution in [0.3, 0.4) is 0 Å². The normalized spacial score (nSPS) is 19.2. The number of hydrogen-bond acceptors (Lipinski definition) is 2. The molecule has 0 unspecified atom stereocenters. The lowest BCUT2D eigenvalue weighted by atomic mass is 9.72. The van der Waals surface area contributed by atoms with Crippen LogP contribution in [-0.4, -0.2) is 11.8 Å². The van der Waals surface area contributed by atoms with Crippen LogP contribution in [0.15, 0.2) is 24.3 Å². The Labute approximate surface area is 107 Å². The van der Waals surface area contributed by atoms with Crippen molar-refractivity contribution in [3.05, 3.63) is 35.4 Å². The summed E-state index contributed by atoms with van der Waals surface area (Å²) in [4.78, 5) is 22.8. The monoisotopic (exact) mass is 271 g/mol. The number of benzene rings is 1. The molecule has 2 rings (SSSR count). The predicted molar refractivity (Wildman–Crippen MR) is 61.2 cm³/mol. The third-order valence-electron chi connectivity index (χ3n) is 3.26. The number of carbonyl (C=O) groups is 2. The quantitative estimate of drug-likeness (QED) is 0.797. The van der Waals surface area contributed by atoms with Gasteiger partial charge in [0.05, 0.1) is 5.56 Å². The summed E-state index contributed by atoms with van der Waals surface area (Å²) >= 11 is 0. The summed E-state index contributed by atoms with van der Waals surface area (Å²) < 4.78 is 38.9. The molecule has 1 aromatic rings. The Morgan fingerprint density at radius 2 is 1.63 bits per heavy atom. The summed E-state index contributed by atoms with van der Waals surface area (Å²) in [5.74, 6) is -1.09. The number of imide groups is 1. The Balaban J connectivity index is 2.52. The summed E-state index contributed by atoms with van der Waals surface area (Å²) in [7, 11) is 0. The van der Waals surface area contributed by atoms with E-state index in [4.69, 9.17) is 0 Å². The van der Waals surface area contributed by atoms with E-state index in [0.29, 0.717) is 0 Å². The molecule has 19 heavy (non-hydrogen) atoms. The lowest BCUT2D eigenvalue weighted by molar-refractivity contribution is -0.141. The summed E-state index contributed by atoms with van der Waals surface area (Å²) in [6, 6.07) is 5.07. The molecule has 1 heterocycles. The van der Waals surface area contributed by atoms with Gasteiger partial charge < -0.3 is 0 Å². The van der Waals surface area contributed by atoms with Crippen LogP contribution < -0.4 is 5.32 Å². The van der Waals surface area contributed by atoms with Crippen LogP contribution >= 0.6 is 0 Å². The minimum absolute atomic E-state index is 0.00861. The van der Waals surface area contributed by atoms with Crippen LogP contribution in [0.5, 0.6) is 0 Å². The van der Waals surface area contributed by atoms with E-state index in [1.807, 2.05) is 0 Å². The van der Waals surface area contributed by atoms with Crippen LogP contribution in [-0.2, 0) is 21.2 Å². The largest absolute Gasteiger partial charge is 0.416 e. The Morgan fingerprint density at radius 3 is 2.16 bits per heavy atom. The van der Waals surface area contributed by atoms with Crippen LogP contribution in [0.2, 0.25) is 0 Å². The van der Waals surface area contributed by atoms with Crippen LogP contribution in [0.4, 0.5) is 13.2 Å². The number of hydrogen-bond donors (Lipinski definition) is 1. The Hall–Kier alpha value is -1.85. The van der Waals surface area contributed by atoms with Crippen molar-refractivity contribution < 1.29 is 22.8 Å². The smallest absolute Gasteiger partial charge is 0.296 e. The molecule has 1 N–H and O–H groups in total. The van der Waals surface area contributed by atoms with E-state index < -0.39 is 29.0 Å². The van der Waals surface area contributed by atoms with E-state index in [-0.39, 0.29) is 18.4 Å².